The lowest BCUT2D eigenvalue weighted by Crippen LogP contribution is -1.86. The van der Waals surface area contributed by atoms with Gasteiger partial charge in [0, 0.05) is 0 Å². The summed E-state index contributed by atoms with van der Waals surface area (Å²) in [5, 5.41) is 0. The zero-order valence-electron chi connectivity index (χ0n) is 11.2. The van der Waals surface area contributed by atoms with Crippen molar-refractivity contribution in [1.29, 1.82) is 0 Å². The summed E-state index contributed by atoms with van der Waals surface area (Å²) < 4.78 is 0. The lowest BCUT2D eigenvalue weighted by atomic mass is 10.0. The highest BCUT2D eigenvalue weighted by atomic mass is 14.0. The van der Waals surface area contributed by atoms with Gasteiger partial charge in [-0.05, 0) is 43.4 Å². The van der Waals surface area contributed by atoms with Gasteiger partial charge in [-0.15, -0.1) is 6.58 Å². The van der Waals surface area contributed by atoms with Crippen LogP contribution in [0, 0.1) is 6.92 Å². The molecule has 0 heteroatoms. The van der Waals surface area contributed by atoms with Crippen LogP contribution in [0.15, 0.2) is 60.7 Å². The van der Waals surface area contributed by atoms with Gasteiger partial charge in [0.15, 0.2) is 0 Å². The van der Waals surface area contributed by atoms with Crippen LogP contribution in [0.1, 0.15) is 24.5 Å². The monoisotopic (exact) mass is 236 g/mol. The molecule has 0 aromatic heterocycles. The van der Waals surface area contributed by atoms with Crippen molar-refractivity contribution >= 4 is 0 Å². The Morgan fingerprint density at radius 1 is 0.889 bits per heavy atom. The van der Waals surface area contributed by atoms with Gasteiger partial charge in [0.25, 0.3) is 0 Å². The molecule has 18 heavy (non-hydrogen) atoms. The SMILES string of the molecule is C=C(C)CCc1ccc(-c2ccc(C)cc2)cc1. The molecule has 92 valence electrons. The Bertz CT molecular complexity index is 515. The van der Waals surface area contributed by atoms with Gasteiger partial charge >= 0.3 is 0 Å². The molecule has 0 fully saturated rings. The minimum absolute atomic E-state index is 1.07. The molecule has 0 N–H and O–H groups in total. The highest BCUT2D eigenvalue weighted by Crippen LogP contribution is 2.21. The summed E-state index contributed by atoms with van der Waals surface area (Å²) in [7, 11) is 0. The fraction of sp³-hybridized carbons (Fsp3) is 0.222. The Morgan fingerprint density at radius 3 is 1.89 bits per heavy atom. The summed E-state index contributed by atoms with van der Waals surface area (Å²) in [6.07, 6.45) is 2.16. The summed E-state index contributed by atoms with van der Waals surface area (Å²) in [6.45, 7) is 8.14. The number of rotatable bonds is 4. The highest BCUT2D eigenvalue weighted by Gasteiger charge is 1.98. The quantitative estimate of drug-likeness (QED) is 0.642. The van der Waals surface area contributed by atoms with E-state index in [-0.39, 0.29) is 0 Å². The summed E-state index contributed by atoms with van der Waals surface area (Å²) in [5.41, 5.74) is 6.50. The van der Waals surface area contributed by atoms with Crippen molar-refractivity contribution in [2.45, 2.75) is 26.7 Å². The number of hydrogen-bond donors (Lipinski definition) is 0. The van der Waals surface area contributed by atoms with Crippen LogP contribution in [0.25, 0.3) is 11.1 Å². The van der Waals surface area contributed by atoms with E-state index in [2.05, 4.69) is 69.0 Å². The van der Waals surface area contributed by atoms with E-state index in [9.17, 15) is 0 Å². The number of allylic oxidation sites excluding steroid dienone is 1. The highest BCUT2D eigenvalue weighted by molar-refractivity contribution is 5.63. The van der Waals surface area contributed by atoms with Gasteiger partial charge in [0.2, 0.25) is 0 Å². The van der Waals surface area contributed by atoms with E-state index in [1.54, 1.807) is 0 Å². The van der Waals surface area contributed by atoms with Gasteiger partial charge in [0.05, 0.1) is 0 Å². The van der Waals surface area contributed by atoms with Gasteiger partial charge in [-0.3, -0.25) is 0 Å². The molecule has 0 radical (unpaired) electrons. The fourth-order valence-corrected chi connectivity index (χ4v) is 1.97. The third-order valence-corrected chi connectivity index (χ3v) is 3.18. The van der Waals surface area contributed by atoms with Crippen molar-refractivity contribution in [1.82, 2.24) is 0 Å². The third kappa shape index (κ3) is 3.33. The lowest BCUT2D eigenvalue weighted by Gasteiger charge is -2.05. The van der Waals surface area contributed by atoms with Crippen LogP contribution < -0.4 is 0 Å². The van der Waals surface area contributed by atoms with E-state index in [0.717, 1.165) is 12.8 Å². The van der Waals surface area contributed by atoms with E-state index < -0.39 is 0 Å². The Hall–Kier alpha value is -1.82. The molecule has 2 rings (SSSR count). The lowest BCUT2D eigenvalue weighted by molar-refractivity contribution is 0.946. The maximum atomic E-state index is 3.94. The van der Waals surface area contributed by atoms with Crippen LogP contribution in [-0.2, 0) is 6.42 Å². The van der Waals surface area contributed by atoms with Crippen molar-refractivity contribution in [2.75, 3.05) is 0 Å². The molecule has 0 bridgehead atoms. The second-order valence-corrected chi connectivity index (χ2v) is 5.02. The number of aryl methyl sites for hydroxylation is 2. The van der Waals surface area contributed by atoms with Crippen molar-refractivity contribution < 1.29 is 0 Å². The van der Waals surface area contributed by atoms with Crippen LogP contribution in [0.4, 0.5) is 0 Å². The van der Waals surface area contributed by atoms with Crippen LogP contribution in [0.2, 0.25) is 0 Å². The standard InChI is InChI=1S/C18H20/c1-14(2)4-7-16-8-12-18(13-9-16)17-10-5-15(3)6-11-17/h5-6,8-13H,1,4,7H2,2-3H3. The molecular formula is C18H20. The second kappa shape index (κ2) is 5.68. The van der Waals surface area contributed by atoms with Crippen molar-refractivity contribution in [3.8, 4) is 11.1 Å². The first-order valence-corrected chi connectivity index (χ1v) is 6.45. The Morgan fingerprint density at radius 2 is 1.39 bits per heavy atom. The molecule has 0 heterocycles. The number of hydrogen-bond acceptors (Lipinski definition) is 0. The average Bonchev–Trinajstić information content (AvgIpc) is 2.38. The summed E-state index contributed by atoms with van der Waals surface area (Å²) in [4.78, 5) is 0. The van der Waals surface area contributed by atoms with Gasteiger partial charge in [-0.2, -0.15) is 0 Å². The molecule has 0 atom stereocenters. The third-order valence-electron chi connectivity index (χ3n) is 3.18. The molecule has 0 saturated carbocycles. The Balaban J connectivity index is 2.12. The van der Waals surface area contributed by atoms with E-state index in [4.69, 9.17) is 0 Å². The first kappa shape index (κ1) is 12.6. The topological polar surface area (TPSA) is 0 Å². The molecule has 0 unspecified atom stereocenters. The predicted molar refractivity (Wildman–Crippen MR) is 79.8 cm³/mol. The summed E-state index contributed by atoms with van der Waals surface area (Å²) in [5.74, 6) is 0. The van der Waals surface area contributed by atoms with E-state index >= 15 is 0 Å². The Kier molecular flexibility index (Phi) is 3.99. The molecule has 0 aliphatic heterocycles. The molecule has 0 spiro atoms. The minimum atomic E-state index is 1.07. The van der Waals surface area contributed by atoms with Gasteiger partial charge in [-0.1, -0.05) is 59.7 Å². The predicted octanol–water partition coefficient (Wildman–Crippen LogP) is 5.17. The first-order chi connectivity index (χ1) is 8.65. The fourth-order valence-electron chi connectivity index (χ4n) is 1.97. The number of benzene rings is 2. The maximum Gasteiger partial charge on any atom is -0.0184 e. The van der Waals surface area contributed by atoms with E-state index in [1.165, 1.54) is 27.8 Å². The summed E-state index contributed by atoms with van der Waals surface area (Å²) in [6, 6.07) is 17.5. The normalized spacial score (nSPS) is 10.3. The van der Waals surface area contributed by atoms with Crippen LogP contribution in [-0.4, -0.2) is 0 Å². The first-order valence-electron chi connectivity index (χ1n) is 6.45. The summed E-state index contributed by atoms with van der Waals surface area (Å²) >= 11 is 0. The molecule has 0 saturated heterocycles. The van der Waals surface area contributed by atoms with Gasteiger partial charge in [0.1, 0.15) is 0 Å². The zero-order valence-corrected chi connectivity index (χ0v) is 11.2. The van der Waals surface area contributed by atoms with E-state index in [1.807, 2.05) is 0 Å². The van der Waals surface area contributed by atoms with Crippen LogP contribution >= 0.6 is 0 Å². The molecular weight excluding hydrogens is 216 g/mol. The second-order valence-electron chi connectivity index (χ2n) is 5.02. The van der Waals surface area contributed by atoms with E-state index in [0.29, 0.717) is 0 Å². The Labute approximate surface area is 110 Å². The largest absolute Gasteiger partial charge is 0.100 e. The van der Waals surface area contributed by atoms with Crippen molar-refractivity contribution in [2.24, 2.45) is 0 Å². The molecule has 2 aromatic carbocycles. The molecule has 2 aromatic rings. The molecule has 0 aliphatic rings. The van der Waals surface area contributed by atoms with Gasteiger partial charge in [-0.25, -0.2) is 0 Å². The average molecular weight is 236 g/mol. The van der Waals surface area contributed by atoms with Crippen LogP contribution in [0.3, 0.4) is 0 Å². The molecule has 0 amide bonds. The maximum absolute atomic E-state index is 3.94. The molecule has 0 aliphatic carbocycles. The van der Waals surface area contributed by atoms with Crippen molar-refractivity contribution in [3.63, 3.8) is 0 Å². The van der Waals surface area contributed by atoms with Gasteiger partial charge < -0.3 is 0 Å². The van der Waals surface area contributed by atoms with Crippen LogP contribution in [0.5, 0.6) is 0 Å². The minimum Gasteiger partial charge on any atom is -0.100 e. The van der Waals surface area contributed by atoms with Crippen molar-refractivity contribution in [3.05, 3.63) is 71.8 Å². The molecule has 0 nitrogen and oxygen atoms in total. The zero-order chi connectivity index (χ0) is 13.0. The smallest absolute Gasteiger partial charge is 0.0184 e.